The highest BCUT2D eigenvalue weighted by Gasteiger charge is 2.31. The van der Waals surface area contributed by atoms with Crippen LogP contribution in [0.1, 0.15) is 42.0 Å². The van der Waals surface area contributed by atoms with Crippen LogP contribution in [0.25, 0.3) is 10.9 Å². The number of aliphatic carboxylic acids is 1. The van der Waals surface area contributed by atoms with Crippen LogP contribution in [0.2, 0.25) is 0 Å². The van der Waals surface area contributed by atoms with E-state index in [1.54, 1.807) is 6.07 Å². The van der Waals surface area contributed by atoms with E-state index in [9.17, 15) is 14.9 Å². The molecule has 0 saturated heterocycles. The zero-order valence-electron chi connectivity index (χ0n) is 12.6. The topological polar surface area (TPSA) is 85.4 Å². The zero-order valence-corrected chi connectivity index (χ0v) is 12.6. The number of nitro groups is 1. The summed E-state index contributed by atoms with van der Waals surface area (Å²) >= 11 is 0. The molecule has 1 aromatic carbocycles. The first-order valence-electron chi connectivity index (χ1n) is 7.38. The van der Waals surface area contributed by atoms with Crippen LogP contribution in [-0.2, 0) is 18.3 Å². The first kappa shape index (κ1) is 14.6. The van der Waals surface area contributed by atoms with Gasteiger partial charge in [0.25, 0.3) is 5.69 Å². The fraction of sp³-hybridized carbons (Fsp3) is 0.438. The molecule has 6 nitrogen and oxygen atoms in total. The highest BCUT2D eigenvalue weighted by Crippen LogP contribution is 2.46. The number of benzene rings is 1. The van der Waals surface area contributed by atoms with Crippen LogP contribution >= 0.6 is 0 Å². The molecule has 22 heavy (non-hydrogen) atoms. The van der Waals surface area contributed by atoms with Gasteiger partial charge in [-0.15, -0.1) is 0 Å². The molecular weight excluding hydrogens is 284 g/mol. The Bertz CT molecular complexity index is 787. The number of fused-ring (bicyclic) bond motifs is 1. The number of carboxylic acids is 1. The predicted molar refractivity (Wildman–Crippen MR) is 82.2 cm³/mol. The first-order valence-corrected chi connectivity index (χ1v) is 7.38. The van der Waals surface area contributed by atoms with Crippen LogP contribution < -0.4 is 0 Å². The SMILES string of the molecule is Cc1c(CCC(=O)O)c2c(C3CC3)ccc([N+](=O)[O-])c2n1C. The number of non-ortho nitro benzene ring substituents is 1. The molecule has 3 rings (SSSR count). The molecule has 1 aliphatic rings. The zero-order chi connectivity index (χ0) is 16.0. The van der Waals surface area contributed by atoms with Crippen molar-refractivity contribution in [2.24, 2.45) is 7.05 Å². The first-order chi connectivity index (χ1) is 10.4. The van der Waals surface area contributed by atoms with Gasteiger partial charge in [0.05, 0.1) is 4.92 Å². The number of hydrogen-bond acceptors (Lipinski definition) is 3. The molecular formula is C16H18N2O4. The van der Waals surface area contributed by atoms with Crippen LogP contribution in [0, 0.1) is 17.0 Å². The van der Waals surface area contributed by atoms with E-state index in [0.29, 0.717) is 17.9 Å². The van der Waals surface area contributed by atoms with Gasteiger partial charge in [0, 0.05) is 30.6 Å². The molecule has 0 atom stereocenters. The number of aryl methyl sites for hydroxylation is 2. The monoisotopic (exact) mass is 302 g/mol. The van der Waals surface area contributed by atoms with Crippen LogP contribution in [0.4, 0.5) is 5.69 Å². The highest BCUT2D eigenvalue weighted by atomic mass is 16.6. The Labute approximate surface area is 127 Å². The third kappa shape index (κ3) is 2.24. The Morgan fingerprint density at radius 3 is 2.68 bits per heavy atom. The summed E-state index contributed by atoms with van der Waals surface area (Å²) in [6.45, 7) is 1.90. The van der Waals surface area contributed by atoms with E-state index in [1.165, 1.54) is 0 Å². The predicted octanol–water partition coefficient (Wildman–Crippen LogP) is 3.29. The second-order valence-corrected chi connectivity index (χ2v) is 5.95. The maximum absolute atomic E-state index is 11.3. The van der Waals surface area contributed by atoms with Gasteiger partial charge in [0.2, 0.25) is 0 Å². The normalized spacial score (nSPS) is 14.5. The van der Waals surface area contributed by atoms with Crippen molar-refractivity contribution >= 4 is 22.6 Å². The standard InChI is InChI=1S/C16H18N2O4/c1-9-11(6-8-14(19)20)15-12(10-3-4-10)5-7-13(18(21)22)16(15)17(9)2/h5,7,10H,3-4,6,8H2,1-2H3,(H,19,20). The summed E-state index contributed by atoms with van der Waals surface area (Å²) < 4.78 is 1.83. The second-order valence-electron chi connectivity index (χ2n) is 5.95. The lowest BCUT2D eigenvalue weighted by molar-refractivity contribution is -0.383. The lowest BCUT2D eigenvalue weighted by Gasteiger charge is -2.06. The Hall–Kier alpha value is -2.37. The van der Waals surface area contributed by atoms with Gasteiger partial charge >= 0.3 is 5.97 Å². The molecule has 0 aliphatic heterocycles. The molecule has 116 valence electrons. The number of hydrogen-bond donors (Lipinski definition) is 1. The minimum atomic E-state index is -0.852. The van der Waals surface area contributed by atoms with Gasteiger partial charge in [-0.1, -0.05) is 6.07 Å². The van der Waals surface area contributed by atoms with E-state index in [4.69, 9.17) is 5.11 Å². The average molecular weight is 302 g/mol. The molecule has 1 heterocycles. The van der Waals surface area contributed by atoms with E-state index in [-0.39, 0.29) is 17.0 Å². The lowest BCUT2D eigenvalue weighted by Crippen LogP contribution is -1.99. The van der Waals surface area contributed by atoms with Gasteiger partial charge in [-0.2, -0.15) is 0 Å². The molecule has 0 amide bonds. The molecule has 0 bridgehead atoms. The summed E-state index contributed by atoms with van der Waals surface area (Å²) in [7, 11) is 1.81. The van der Waals surface area contributed by atoms with E-state index >= 15 is 0 Å². The molecule has 1 aromatic heterocycles. The summed E-state index contributed by atoms with van der Waals surface area (Å²) in [6.07, 6.45) is 2.63. The van der Waals surface area contributed by atoms with Gasteiger partial charge in [-0.05, 0) is 43.2 Å². The number of nitro benzene ring substituents is 1. The summed E-state index contributed by atoms with van der Waals surface area (Å²) in [5.74, 6) is -0.400. The van der Waals surface area contributed by atoms with Crippen molar-refractivity contribution in [1.29, 1.82) is 0 Å². The number of nitrogens with zero attached hydrogens (tertiary/aromatic N) is 2. The molecule has 6 heteroatoms. The van der Waals surface area contributed by atoms with Crippen molar-refractivity contribution < 1.29 is 14.8 Å². The van der Waals surface area contributed by atoms with Gasteiger partial charge in [-0.3, -0.25) is 14.9 Å². The fourth-order valence-corrected chi connectivity index (χ4v) is 3.22. The minimum absolute atomic E-state index is 0.0345. The van der Waals surface area contributed by atoms with Gasteiger partial charge in [0.15, 0.2) is 0 Å². The number of carboxylic acid groups (broad SMARTS) is 1. The van der Waals surface area contributed by atoms with Crippen molar-refractivity contribution in [2.45, 2.75) is 38.5 Å². The Kier molecular flexibility index (Phi) is 3.39. The third-order valence-corrected chi connectivity index (χ3v) is 4.57. The Morgan fingerprint density at radius 2 is 2.14 bits per heavy atom. The molecule has 2 aromatic rings. The molecule has 0 unspecified atom stereocenters. The van der Waals surface area contributed by atoms with E-state index in [0.717, 1.165) is 35.0 Å². The van der Waals surface area contributed by atoms with Gasteiger partial charge in [-0.25, -0.2) is 0 Å². The van der Waals surface area contributed by atoms with Crippen molar-refractivity contribution in [3.8, 4) is 0 Å². The lowest BCUT2D eigenvalue weighted by atomic mass is 9.98. The summed E-state index contributed by atoms with van der Waals surface area (Å²) in [5.41, 5.74) is 3.68. The maximum atomic E-state index is 11.3. The number of aromatic nitrogens is 1. The van der Waals surface area contributed by atoms with Crippen LogP contribution in [0.3, 0.4) is 0 Å². The van der Waals surface area contributed by atoms with E-state index in [1.807, 2.05) is 24.6 Å². The Morgan fingerprint density at radius 1 is 1.45 bits per heavy atom. The van der Waals surface area contributed by atoms with Crippen molar-refractivity contribution in [2.75, 3.05) is 0 Å². The van der Waals surface area contributed by atoms with Crippen LogP contribution in [0.5, 0.6) is 0 Å². The van der Waals surface area contributed by atoms with Crippen molar-refractivity contribution in [3.63, 3.8) is 0 Å². The molecule has 1 N–H and O–H groups in total. The maximum Gasteiger partial charge on any atom is 0.303 e. The quantitative estimate of drug-likeness (QED) is 0.678. The highest BCUT2D eigenvalue weighted by molar-refractivity contribution is 5.96. The summed E-state index contributed by atoms with van der Waals surface area (Å²) in [5, 5.41) is 21.2. The smallest absolute Gasteiger partial charge is 0.303 e. The number of carbonyl (C=O) groups is 1. The fourth-order valence-electron chi connectivity index (χ4n) is 3.22. The van der Waals surface area contributed by atoms with Gasteiger partial charge in [0.1, 0.15) is 5.52 Å². The molecule has 0 spiro atoms. The van der Waals surface area contributed by atoms with Crippen molar-refractivity contribution in [3.05, 3.63) is 39.1 Å². The van der Waals surface area contributed by atoms with E-state index in [2.05, 4.69) is 0 Å². The molecule has 1 saturated carbocycles. The summed E-state index contributed by atoms with van der Waals surface area (Å²) in [6, 6.07) is 3.43. The third-order valence-electron chi connectivity index (χ3n) is 4.57. The largest absolute Gasteiger partial charge is 0.481 e. The van der Waals surface area contributed by atoms with Gasteiger partial charge < -0.3 is 9.67 Å². The van der Waals surface area contributed by atoms with Crippen LogP contribution in [-0.4, -0.2) is 20.6 Å². The summed E-state index contributed by atoms with van der Waals surface area (Å²) in [4.78, 5) is 21.9. The average Bonchev–Trinajstić information content (AvgIpc) is 3.26. The molecule has 0 radical (unpaired) electrons. The molecule has 1 aliphatic carbocycles. The van der Waals surface area contributed by atoms with Crippen LogP contribution in [0.15, 0.2) is 12.1 Å². The molecule has 1 fully saturated rings. The van der Waals surface area contributed by atoms with Crippen molar-refractivity contribution in [1.82, 2.24) is 4.57 Å². The second kappa shape index (κ2) is 5.12. The number of rotatable bonds is 5. The van der Waals surface area contributed by atoms with E-state index < -0.39 is 5.97 Å². The Balaban J connectivity index is 2.29. The minimum Gasteiger partial charge on any atom is -0.481 e.